The SMILES string of the molecule is Cc1ccc(C(=O)N(CC(F)CO[Si](c2ccccc2)(c2ccccc2)C(C)(C)C)C(c2nc3cc(Cl)ccc3c(=O)n2Cc2ccccc2)C(C)C)cc1. The van der Waals surface area contributed by atoms with Gasteiger partial charge in [-0.2, -0.15) is 0 Å². The van der Waals surface area contributed by atoms with Crippen LogP contribution in [0.15, 0.2) is 138 Å². The zero-order chi connectivity index (χ0) is 39.3. The van der Waals surface area contributed by atoms with Gasteiger partial charge in [-0.3, -0.25) is 14.2 Å². The summed E-state index contributed by atoms with van der Waals surface area (Å²) in [4.78, 5) is 35.8. The quantitative estimate of drug-likeness (QED) is 0.110. The van der Waals surface area contributed by atoms with E-state index in [1.165, 1.54) is 0 Å². The molecule has 0 bridgehead atoms. The molecule has 0 radical (unpaired) electrons. The van der Waals surface area contributed by atoms with E-state index >= 15 is 4.39 Å². The molecule has 2 unspecified atom stereocenters. The molecule has 0 saturated carbocycles. The van der Waals surface area contributed by atoms with Crippen molar-refractivity contribution < 1.29 is 13.6 Å². The highest BCUT2D eigenvalue weighted by Crippen LogP contribution is 2.37. The van der Waals surface area contributed by atoms with Crippen LogP contribution in [0.1, 0.15) is 68.0 Å². The maximum Gasteiger partial charge on any atom is 0.261 e. The average Bonchev–Trinajstić information content (AvgIpc) is 3.17. The second-order valence-electron chi connectivity index (χ2n) is 15.6. The Hall–Kier alpha value is -4.89. The van der Waals surface area contributed by atoms with E-state index < -0.39 is 20.5 Å². The number of amides is 1. The average molecular weight is 774 g/mol. The summed E-state index contributed by atoms with van der Waals surface area (Å²) in [7, 11) is -3.08. The van der Waals surface area contributed by atoms with Crippen molar-refractivity contribution in [3.8, 4) is 0 Å². The second kappa shape index (κ2) is 16.9. The van der Waals surface area contributed by atoms with Crippen LogP contribution >= 0.6 is 11.6 Å². The fraction of sp³-hybridized carbons (Fsp3) is 0.283. The predicted molar refractivity (Wildman–Crippen MR) is 225 cm³/mol. The Balaban J connectivity index is 1.46. The fourth-order valence-corrected chi connectivity index (χ4v) is 12.3. The Morgan fingerprint density at radius 2 is 1.42 bits per heavy atom. The van der Waals surface area contributed by atoms with E-state index in [1.807, 2.05) is 99.6 Å². The molecule has 6 nitrogen and oxygen atoms in total. The van der Waals surface area contributed by atoms with Gasteiger partial charge < -0.3 is 9.33 Å². The molecule has 1 heterocycles. The lowest BCUT2D eigenvalue weighted by atomic mass is 9.98. The first kappa shape index (κ1) is 39.8. The van der Waals surface area contributed by atoms with Gasteiger partial charge in [0.1, 0.15) is 12.0 Å². The minimum atomic E-state index is -3.08. The summed E-state index contributed by atoms with van der Waals surface area (Å²) in [6.45, 7) is 12.0. The molecule has 1 amide bonds. The van der Waals surface area contributed by atoms with Gasteiger partial charge in [0.05, 0.1) is 36.6 Å². The van der Waals surface area contributed by atoms with Crippen LogP contribution in [0.4, 0.5) is 4.39 Å². The highest BCUT2D eigenvalue weighted by Gasteiger charge is 2.50. The number of benzene rings is 5. The smallest absolute Gasteiger partial charge is 0.261 e. The van der Waals surface area contributed by atoms with E-state index in [-0.39, 0.29) is 42.1 Å². The van der Waals surface area contributed by atoms with Crippen molar-refractivity contribution in [1.82, 2.24) is 14.5 Å². The Bertz CT molecular complexity index is 2240. The monoisotopic (exact) mass is 773 g/mol. The van der Waals surface area contributed by atoms with Crippen LogP contribution in [-0.2, 0) is 11.0 Å². The second-order valence-corrected chi connectivity index (χ2v) is 20.3. The molecule has 0 aliphatic carbocycles. The van der Waals surface area contributed by atoms with Crippen molar-refractivity contribution in [2.75, 3.05) is 13.2 Å². The third kappa shape index (κ3) is 8.52. The molecule has 55 heavy (non-hydrogen) atoms. The van der Waals surface area contributed by atoms with Gasteiger partial charge in [0.15, 0.2) is 0 Å². The van der Waals surface area contributed by atoms with Crippen LogP contribution < -0.4 is 15.9 Å². The summed E-state index contributed by atoms with van der Waals surface area (Å²) >= 11 is 6.43. The van der Waals surface area contributed by atoms with Crippen LogP contribution in [0, 0.1) is 12.8 Å². The number of carbonyl (C=O) groups excluding carboxylic acids is 1. The summed E-state index contributed by atoms with van der Waals surface area (Å²) < 4.78 is 25.7. The van der Waals surface area contributed by atoms with E-state index in [0.29, 0.717) is 27.3 Å². The maximum absolute atomic E-state index is 17.1. The number of carbonyl (C=O) groups is 1. The number of rotatable bonds is 13. The van der Waals surface area contributed by atoms with E-state index in [1.54, 1.807) is 39.8 Å². The lowest BCUT2D eigenvalue weighted by Gasteiger charge is -2.43. The van der Waals surface area contributed by atoms with Gasteiger partial charge in [-0.05, 0) is 64.1 Å². The minimum Gasteiger partial charge on any atom is -0.404 e. The highest BCUT2D eigenvalue weighted by molar-refractivity contribution is 6.99. The summed E-state index contributed by atoms with van der Waals surface area (Å²) in [6.07, 6.45) is -1.58. The summed E-state index contributed by atoms with van der Waals surface area (Å²) in [5.74, 6) is -0.276. The van der Waals surface area contributed by atoms with Crippen molar-refractivity contribution >= 4 is 47.1 Å². The molecular formula is C46H49ClFN3O3Si. The van der Waals surface area contributed by atoms with Crippen molar-refractivity contribution in [2.24, 2.45) is 5.92 Å². The standard InChI is InChI=1S/C46H49ClFN3O3Si/c1-32(2)42(43-49-41-28-36(47)26-27-40(41)45(53)51(43)29-34-16-10-7-11-17-34)50(44(52)35-24-22-33(3)23-25-35)30-37(48)31-54-55(46(4,5)6,38-18-12-8-13-19-38)39-20-14-9-15-21-39/h7-28,32,37,42H,29-31H2,1-6H3. The number of aryl methyl sites for hydroxylation is 1. The zero-order valence-corrected chi connectivity index (χ0v) is 34.1. The maximum atomic E-state index is 17.1. The van der Waals surface area contributed by atoms with E-state index in [4.69, 9.17) is 21.0 Å². The van der Waals surface area contributed by atoms with Gasteiger partial charge in [0.25, 0.3) is 19.8 Å². The van der Waals surface area contributed by atoms with Crippen LogP contribution in [0.2, 0.25) is 10.1 Å². The summed E-state index contributed by atoms with van der Waals surface area (Å²) in [5.41, 5.74) is 2.45. The number of hydrogen-bond donors (Lipinski definition) is 0. The molecule has 0 spiro atoms. The van der Waals surface area contributed by atoms with Crippen molar-refractivity contribution in [1.29, 1.82) is 0 Å². The molecule has 1 aromatic heterocycles. The zero-order valence-electron chi connectivity index (χ0n) is 32.4. The van der Waals surface area contributed by atoms with E-state index in [0.717, 1.165) is 21.5 Å². The number of hydrogen-bond acceptors (Lipinski definition) is 4. The molecule has 6 rings (SSSR count). The van der Waals surface area contributed by atoms with E-state index in [9.17, 15) is 9.59 Å². The lowest BCUT2D eigenvalue weighted by Crippen LogP contribution is -2.67. The molecule has 2 atom stereocenters. The predicted octanol–water partition coefficient (Wildman–Crippen LogP) is 9.16. The summed E-state index contributed by atoms with van der Waals surface area (Å²) in [5, 5.41) is 2.56. The Morgan fingerprint density at radius 3 is 1.96 bits per heavy atom. The number of aromatic nitrogens is 2. The molecule has 0 aliphatic heterocycles. The number of halogens is 2. The lowest BCUT2D eigenvalue weighted by molar-refractivity contribution is 0.0478. The molecule has 0 fully saturated rings. The first-order chi connectivity index (χ1) is 26.3. The number of nitrogens with zero attached hydrogens (tertiary/aromatic N) is 3. The van der Waals surface area contributed by atoms with Gasteiger partial charge >= 0.3 is 0 Å². The van der Waals surface area contributed by atoms with E-state index in [2.05, 4.69) is 45.0 Å². The molecule has 5 aromatic carbocycles. The van der Waals surface area contributed by atoms with Crippen molar-refractivity contribution in [3.63, 3.8) is 0 Å². The molecule has 6 aromatic rings. The summed E-state index contributed by atoms with van der Waals surface area (Å²) in [6, 6.07) is 41.4. The largest absolute Gasteiger partial charge is 0.404 e. The molecule has 0 aliphatic rings. The van der Waals surface area contributed by atoms with Gasteiger partial charge in [0, 0.05) is 10.6 Å². The minimum absolute atomic E-state index is 0.215. The third-order valence-corrected chi connectivity index (χ3v) is 15.5. The molecule has 9 heteroatoms. The molecule has 0 saturated heterocycles. The van der Waals surface area contributed by atoms with Gasteiger partial charge in [0.2, 0.25) is 0 Å². The first-order valence-corrected chi connectivity index (χ1v) is 21.1. The molecular weight excluding hydrogens is 725 g/mol. The van der Waals surface area contributed by atoms with Crippen molar-refractivity contribution in [3.05, 3.63) is 171 Å². The Kier molecular flexibility index (Phi) is 12.2. The Labute approximate surface area is 329 Å². The van der Waals surface area contributed by atoms with Gasteiger partial charge in [-0.15, -0.1) is 0 Å². The van der Waals surface area contributed by atoms with Crippen LogP contribution in [-0.4, -0.2) is 48.0 Å². The molecule has 0 N–H and O–H groups in total. The third-order valence-electron chi connectivity index (χ3n) is 10.2. The first-order valence-electron chi connectivity index (χ1n) is 18.8. The van der Waals surface area contributed by atoms with Gasteiger partial charge in [-0.25, -0.2) is 9.37 Å². The van der Waals surface area contributed by atoms with Crippen LogP contribution in [0.25, 0.3) is 10.9 Å². The van der Waals surface area contributed by atoms with Crippen molar-refractivity contribution in [2.45, 2.75) is 65.3 Å². The number of fused-ring (bicyclic) bond motifs is 1. The number of alkyl halides is 1. The molecule has 284 valence electrons. The Morgan fingerprint density at radius 1 is 0.855 bits per heavy atom. The fourth-order valence-electron chi connectivity index (χ4n) is 7.58. The topological polar surface area (TPSA) is 64.4 Å². The normalized spacial score (nSPS) is 13.2. The van der Waals surface area contributed by atoms with Crippen LogP contribution in [0.5, 0.6) is 0 Å². The highest BCUT2D eigenvalue weighted by atomic mass is 35.5. The van der Waals surface area contributed by atoms with Crippen LogP contribution in [0.3, 0.4) is 0 Å². The van der Waals surface area contributed by atoms with Gasteiger partial charge in [-0.1, -0.05) is 155 Å².